The molecule has 184 valence electrons. The number of nitrogens with zero attached hydrogens (tertiary/aromatic N) is 4. The molecule has 0 saturated carbocycles. The van der Waals surface area contributed by atoms with E-state index in [2.05, 4.69) is 40.0 Å². The third-order valence-corrected chi connectivity index (χ3v) is 8.79. The number of rotatable bonds is 6. The van der Waals surface area contributed by atoms with Crippen molar-refractivity contribution in [3.63, 3.8) is 0 Å². The number of aromatic nitrogens is 3. The molecule has 2 aromatic heterocycles. The van der Waals surface area contributed by atoms with Gasteiger partial charge in [-0.1, -0.05) is 29.8 Å². The van der Waals surface area contributed by atoms with Gasteiger partial charge in [0.2, 0.25) is 10.0 Å². The van der Waals surface area contributed by atoms with E-state index in [0.717, 1.165) is 54.2 Å². The first-order valence-electron chi connectivity index (χ1n) is 12.2. The quantitative estimate of drug-likeness (QED) is 0.446. The molecule has 3 aromatic rings. The molecular weight excluding hydrogens is 480 g/mol. The second-order valence-electron chi connectivity index (χ2n) is 9.71. The van der Waals surface area contributed by atoms with Crippen molar-refractivity contribution < 1.29 is 8.42 Å². The van der Waals surface area contributed by atoms with Crippen molar-refractivity contribution in [2.24, 2.45) is 5.92 Å². The second kappa shape index (κ2) is 9.88. The summed E-state index contributed by atoms with van der Waals surface area (Å²) in [6, 6.07) is 10.3. The smallest absolute Gasteiger partial charge is 0.211 e. The minimum absolute atomic E-state index is 0.102. The summed E-state index contributed by atoms with van der Waals surface area (Å²) in [5.74, 6) is 0.411. The van der Waals surface area contributed by atoms with Crippen LogP contribution in [0.5, 0.6) is 0 Å². The van der Waals surface area contributed by atoms with Gasteiger partial charge in [-0.05, 0) is 79.0 Å². The molecule has 1 saturated heterocycles. The van der Waals surface area contributed by atoms with Gasteiger partial charge >= 0.3 is 0 Å². The Hall–Kier alpha value is -2.48. The van der Waals surface area contributed by atoms with Crippen LogP contribution >= 0.6 is 11.6 Å². The first kappa shape index (κ1) is 24.2. The Labute approximate surface area is 212 Å². The van der Waals surface area contributed by atoms with E-state index in [1.807, 2.05) is 31.6 Å². The van der Waals surface area contributed by atoms with Gasteiger partial charge in [0, 0.05) is 43.0 Å². The van der Waals surface area contributed by atoms with Crippen LogP contribution in [0.25, 0.3) is 11.6 Å². The third-order valence-electron chi connectivity index (χ3n) is 7.26. The number of pyridine rings is 1. The predicted octanol–water partition coefficient (Wildman–Crippen LogP) is 5.38. The Kier molecular flexibility index (Phi) is 6.84. The van der Waals surface area contributed by atoms with Crippen LogP contribution in [-0.2, 0) is 16.6 Å². The minimum Gasteiger partial charge on any atom is -0.337 e. The van der Waals surface area contributed by atoms with E-state index in [0.29, 0.717) is 19.0 Å². The van der Waals surface area contributed by atoms with E-state index in [9.17, 15) is 8.42 Å². The maximum atomic E-state index is 12.1. The minimum atomic E-state index is -3.17. The van der Waals surface area contributed by atoms with Crippen LogP contribution in [0.2, 0.25) is 5.02 Å². The Morgan fingerprint density at radius 3 is 2.66 bits per heavy atom. The molecule has 0 N–H and O–H groups in total. The topological polar surface area (TPSA) is 68.1 Å². The number of halogens is 1. The van der Waals surface area contributed by atoms with Gasteiger partial charge in [-0.25, -0.2) is 17.7 Å². The molecule has 0 bridgehead atoms. The standard InChI is InChI=1S/C27H31ClN4O2S/c1-19-17-31(18-30-19)12-4-5-21-15-22-16-23(28)7-8-24(22)26(27-25(21)6-3-11-29-27)20-9-13-32(14-10-20)35(2,33)34/h3,6-8,11,15-18,20,26H,4-5,9-10,12-14H2,1-2H3/t26-/m0/s1. The molecule has 2 aliphatic rings. The number of fused-ring (bicyclic) bond motifs is 2. The fraction of sp³-hybridized carbons (Fsp3) is 0.407. The first-order valence-corrected chi connectivity index (χ1v) is 14.4. The highest BCUT2D eigenvalue weighted by molar-refractivity contribution is 7.88. The van der Waals surface area contributed by atoms with Crippen LogP contribution < -0.4 is 0 Å². The number of hydrogen-bond acceptors (Lipinski definition) is 4. The zero-order valence-electron chi connectivity index (χ0n) is 20.2. The summed E-state index contributed by atoms with van der Waals surface area (Å²) in [5.41, 5.74) is 6.95. The van der Waals surface area contributed by atoms with Crippen LogP contribution in [0.4, 0.5) is 0 Å². The van der Waals surface area contributed by atoms with Crippen LogP contribution in [0, 0.1) is 12.8 Å². The maximum Gasteiger partial charge on any atom is 0.211 e. The Morgan fingerprint density at radius 2 is 1.94 bits per heavy atom. The molecule has 0 unspecified atom stereocenters. The Balaban J connectivity index is 1.49. The average Bonchev–Trinajstić information content (AvgIpc) is 3.19. The van der Waals surface area contributed by atoms with E-state index in [4.69, 9.17) is 16.6 Å². The van der Waals surface area contributed by atoms with Crippen molar-refractivity contribution in [3.8, 4) is 0 Å². The van der Waals surface area contributed by atoms with Crippen molar-refractivity contribution in [2.75, 3.05) is 19.3 Å². The fourth-order valence-electron chi connectivity index (χ4n) is 5.57. The number of piperidine rings is 1. The highest BCUT2D eigenvalue weighted by Gasteiger charge is 2.35. The van der Waals surface area contributed by atoms with E-state index in [-0.39, 0.29) is 5.92 Å². The van der Waals surface area contributed by atoms with Gasteiger partial charge in [0.05, 0.1) is 24.0 Å². The number of hydrogen-bond donors (Lipinski definition) is 0. The molecule has 0 spiro atoms. The van der Waals surface area contributed by atoms with Crippen molar-refractivity contribution >= 4 is 33.3 Å². The Morgan fingerprint density at radius 1 is 1.14 bits per heavy atom. The van der Waals surface area contributed by atoms with Gasteiger partial charge < -0.3 is 4.57 Å². The van der Waals surface area contributed by atoms with Crippen LogP contribution in [0.15, 0.2) is 49.1 Å². The lowest BCUT2D eigenvalue weighted by atomic mass is 9.76. The fourth-order valence-corrected chi connectivity index (χ4v) is 6.63. The summed E-state index contributed by atoms with van der Waals surface area (Å²) in [6.45, 7) is 4.02. The third kappa shape index (κ3) is 5.22. The number of benzene rings is 1. The van der Waals surface area contributed by atoms with Gasteiger partial charge in [-0.15, -0.1) is 0 Å². The van der Waals surface area contributed by atoms with Gasteiger partial charge in [0.1, 0.15) is 0 Å². The molecule has 1 atom stereocenters. The van der Waals surface area contributed by atoms with E-state index >= 15 is 0 Å². The zero-order valence-corrected chi connectivity index (χ0v) is 21.8. The molecule has 3 heterocycles. The average molecular weight is 511 g/mol. The van der Waals surface area contributed by atoms with Crippen molar-refractivity contribution in [2.45, 2.75) is 45.1 Å². The lowest BCUT2D eigenvalue weighted by Gasteiger charge is -2.35. The molecule has 0 amide bonds. The van der Waals surface area contributed by atoms with Crippen molar-refractivity contribution in [3.05, 3.63) is 82.2 Å². The van der Waals surface area contributed by atoms with Gasteiger partial charge in [-0.3, -0.25) is 4.98 Å². The molecule has 6 nitrogen and oxygen atoms in total. The number of aryl methyl sites for hydroxylation is 2. The van der Waals surface area contributed by atoms with Gasteiger partial charge in [0.25, 0.3) is 0 Å². The highest BCUT2D eigenvalue weighted by Crippen LogP contribution is 2.45. The summed E-state index contributed by atoms with van der Waals surface area (Å²) < 4.78 is 27.9. The van der Waals surface area contributed by atoms with E-state index in [1.54, 1.807) is 4.31 Å². The lowest BCUT2D eigenvalue weighted by Crippen LogP contribution is -2.39. The number of allylic oxidation sites excluding steroid dienone is 1. The molecular formula is C27H31ClN4O2S. The van der Waals surface area contributed by atoms with Crippen LogP contribution in [-0.4, -0.2) is 46.6 Å². The second-order valence-corrected chi connectivity index (χ2v) is 12.1. The first-order chi connectivity index (χ1) is 16.8. The molecule has 5 rings (SSSR count). The molecule has 8 heteroatoms. The van der Waals surface area contributed by atoms with Gasteiger partial charge in [0.15, 0.2) is 0 Å². The highest BCUT2D eigenvalue weighted by atomic mass is 35.5. The monoisotopic (exact) mass is 510 g/mol. The van der Waals surface area contributed by atoms with E-state index in [1.165, 1.54) is 23.0 Å². The summed E-state index contributed by atoms with van der Waals surface area (Å²) in [6.07, 6.45) is 13.0. The summed E-state index contributed by atoms with van der Waals surface area (Å²) in [5, 5.41) is 0.720. The SMILES string of the molecule is Cc1cn(CCCC2=Cc3cc(Cl)ccc3[C@H](C3CCN(S(C)(=O)=O)CC3)c3ncccc32)cn1. The summed E-state index contributed by atoms with van der Waals surface area (Å²) >= 11 is 6.45. The Bertz CT molecular complexity index is 1360. The molecule has 35 heavy (non-hydrogen) atoms. The predicted molar refractivity (Wildman–Crippen MR) is 141 cm³/mol. The maximum absolute atomic E-state index is 12.1. The molecule has 1 fully saturated rings. The van der Waals surface area contributed by atoms with Crippen molar-refractivity contribution in [1.29, 1.82) is 0 Å². The molecule has 1 aliphatic heterocycles. The van der Waals surface area contributed by atoms with Crippen molar-refractivity contribution in [1.82, 2.24) is 18.8 Å². The summed E-state index contributed by atoms with van der Waals surface area (Å²) in [4.78, 5) is 9.26. The number of sulfonamides is 1. The number of imidazole rings is 1. The molecule has 1 aliphatic carbocycles. The normalized spacial score (nSPS) is 19.1. The van der Waals surface area contributed by atoms with Crippen LogP contribution in [0.1, 0.15) is 59.7 Å². The summed E-state index contributed by atoms with van der Waals surface area (Å²) in [7, 11) is -3.17. The largest absolute Gasteiger partial charge is 0.337 e. The van der Waals surface area contributed by atoms with Crippen LogP contribution in [0.3, 0.4) is 0 Å². The lowest BCUT2D eigenvalue weighted by molar-refractivity contribution is 0.256. The van der Waals surface area contributed by atoms with Gasteiger partial charge in [-0.2, -0.15) is 0 Å². The zero-order chi connectivity index (χ0) is 24.6. The molecule has 0 radical (unpaired) electrons. The van der Waals surface area contributed by atoms with E-state index < -0.39 is 10.0 Å². The molecule has 1 aromatic carbocycles.